The maximum atomic E-state index is 12.1. The maximum Gasteiger partial charge on any atom is 0.0696 e. The maximum absolute atomic E-state index is 12.1. The highest BCUT2D eigenvalue weighted by Gasteiger charge is 2.37. The van der Waals surface area contributed by atoms with Gasteiger partial charge in [-0.15, -0.1) is 0 Å². The fraction of sp³-hybridized carbons (Fsp3) is 1.00. The summed E-state index contributed by atoms with van der Waals surface area (Å²) in [6.45, 7) is 20.1. The first-order valence-corrected chi connectivity index (χ1v) is 36.7. The van der Waals surface area contributed by atoms with Crippen molar-refractivity contribution in [2.75, 3.05) is 78.5 Å². The molecule has 6 unspecified atom stereocenters. The zero-order chi connectivity index (χ0) is 57.6. The number of hydrogen-bond acceptors (Lipinski definition) is 9. The fourth-order valence-electron chi connectivity index (χ4n) is 13.4. The van der Waals surface area contributed by atoms with Crippen LogP contribution in [0.3, 0.4) is 0 Å². The number of hydrogen-bond donors (Lipinski definition) is 5. The molecule has 0 saturated carbocycles. The van der Waals surface area contributed by atoms with E-state index in [0.29, 0.717) is 25.7 Å². The van der Waals surface area contributed by atoms with Crippen LogP contribution in [0.5, 0.6) is 0 Å². The van der Waals surface area contributed by atoms with Gasteiger partial charge >= 0.3 is 0 Å². The topological polar surface area (TPSA) is 106 Å². The highest BCUT2D eigenvalue weighted by Crippen LogP contribution is 2.29. The van der Waals surface area contributed by atoms with E-state index in [2.05, 4.69) is 52.6 Å². The largest absolute Gasteiger partial charge is 0.392 e. The molecule has 2 heterocycles. The van der Waals surface area contributed by atoms with Crippen LogP contribution in [0.2, 0.25) is 0 Å². The minimum absolute atomic E-state index is 0.205. The van der Waals surface area contributed by atoms with E-state index in [4.69, 9.17) is 0 Å². The van der Waals surface area contributed by atoms with Crippen molar-refractivity contribution in [1.29, 1.82) is 0 Å². The summed E-state index contributed by atoms with van der Waals surface area (Å²) < 4.78 is 0. The minimum atomic E-state index is -0.381. The Morgan fingerprint density at radius 3 is 1.01 bits per heavy atom. The standard InChI is InChI=1S/C71H145N5O4/c1-5-9-13-17-21-25-26-27-28-29-30-31-32-33-34-38-42-46-50-71(80)70(53-57-73-59-54-72-55-60-73)76-58-52-66(76)51-56-74(63-67(77)47-43-39-35-22-18-14-10-6-2)61-62-75(64-68(78)48-44-40-36-23-19-15-11-7-3)65-69(79)49-45-41-37-24-20-16-12-8-4/h66-72,77-80H,5-65H2,1-4H3. The number of unbranched alkanes of at least 4 members (excludes halogenated alkanes) is 38. The van der Waals surface area contributed by atoms with E-state index < -0.39 is 0 Å². The molecule has 0 radical (unpaired) electrons. The van der Waals surface area contributed by atoms with Gasteiger partial charge in [-0.3, -0.25) is 14.7 Å². The van der Waals surface area contributed by atoms with E-state index in [-0.39, 0.29) is 30.5 Å². The predicted molar refractivity (Wildman–Crippen MR) is 349 cm³/mol. The molecule has 2 fully saturated rings. The lowest BCUT2D eigenvalue weighted by atomic mass is 9.90. The van der Waals surface area contributed by atoms with Crippen LogP contribution in [0.4, 0.5) is 0 Å². The number of likely N-dealkylation sites (tertiary alicyclic amines) is 1. The second-order valence-electron chi connectivity index (χ2n) is 26.6. The van der Waals surface area contributed by atoms with E-state index >= 15 is 0 Å². The second kappa shape index (κ2) is 56.4. The van der Waals surface area contributed by atoms with Crippen molar-refractivity contribution in [2.45, 2.75) is 379 Å². The summed E-state index contributed by atoms with van der Waals surface area (Å²) >= 11 is 0. The molecule has 2 aliphatic rings. The summed E-state index contributed by atoms with van der Waals surface area (Å²) in [5.74, 6) is 0. The number of nitrogens with one attached hydrogen (secondary N) is 1. The van der Waals surface area contributed by atoms with E-state index in [1.807, 2.05) is 0 Å². The third-order valence-corrected chi connectivity index (χ3v) is 19.0. The van der Waals surface area contributed by atoms with Crippen LogP contribution in [0.25, 0.3) is 0 Å². The summed E-state index contributed by atoms with van der Waals surface area (Å²) in [5, 5.41) is 50.2. The van der Waals surface area contributed by atoms with Gasteiger partial charge in [-0.05, 0) is 58.0 Å². The van der Waals surface area contributed by atoms with Crippen molar-refractivity contribution >= 4 is 0 Å². The first kappa shape index (κ1) is 75.7. The summed E-state index contributed by atoms with van der Waals surface area (Å²) in [7, 11) is 0. The molecule has 2 aliphatic heterocycles. The molecular weight excluding hydrogens is 987 g/mol. The van der Waals surface area contributed by atoms with Gasteiger partial charge in [0, 0.05) is 77.5 Å². The van der Waals surface area contributed by atoms with Crippen LogP contribution < -0.4 is 5.32 Å². The number of nitrogens with zero attached hydrogens (tertiary/aromatic N) is 4. The average Bonchev–Trinajstić information content (AvgIpc) is 3.46. The van der Waals surface area contributed by atoms with E-state index in [0.717, 1.165) is 123 Å². The molecule has 0 aromatic carbocycles. The van der Waals surface area contributed by atoms with Crippen molar-refractivity contribution in [3.8, 4) is 0 Å². The molecule has 0 aliphatic carbocycles. The Morgan fingerprint density at radius 1 is 0.362 bits per heavy atom. The molecule has 0 spiro atoms. The smallest absolute Gasteiger partial charge is 0.0696 e. The zero-order valence-corrected chi connectivity index (χ0v) is 54.7. The van der Waals surface area contributed by atoms with Gasteiger partial charge in [0.1, 0.15) is 0 Å². The van der Waals surface area contributed by atoms with Crippen LogP contribution in [-0.4, -0.2) is 155 Å². The van der Waals surface area contributed by atoms with E-state index in [1.165, 1.54) is 250 Å². The lowest BCUT2D eigenvalue weighted by molar-refractivity contribution is -0.0426. The third-order valence-electron chi connectivity index (χ3n) is 19.0. The van der Waals surface area contributed by atoms with Crippen molar-refractivity contribution in [1.82, 2.24) is 24.9 Å². The predicted octanol–water partition coefficient (Wildman–Crippen LogP) is 17.2. The Balaban J connectivity index is 2.02. The zero-order valence-electron chi connectivity index (χ0n) is 54.7. The van der Waals surface area contributed by atoms with Gasteiger partial charge < -0.3 is 30.6 Å². The molecule has 478 valence electrons. The summed E-state index contributed by atoms with van der Waals surface area (Å²) in [5.41, 5.74) is 0. The fourth-order valence-corrected chi connectivity index (χ4v) is 13.4. The highest BCUT2D eigenvalue weighted by atomic mass is 16.3. The molecule has 0 aromatic rings. The van der Waals surface area contributed by atoms with Gasteiger partial charge in [0.25, 0.3) is 0 Å². The van der Waals surface area contributed by atoms with Gasteiger partial charge in [0.2, 0.25) is 0 Å². The Bertz CT molecular complexity index is 1220. The van der Waals surface area contributed by atoms with Crippen LogP contribution in [0, 0.1) is 0 Å². The number of aliphatic hydroxyl groups is 4. The monoisotopic (exact) mass is 1130 g/mol. The summed E-state index contributed by atoms with van der Waals surface area (Å²) in [4.78, 5) is 10.2. The molecule has 0 aromatic heterocycles. The second-order valence-corrected chi connectivity index (χ2v) is 26.6. The van der Waals surface area contributed by atoms with Crippen LogP contribution in [0.1, 0.15) is 342 Å². The summed E-state index contributed by atoms with van der Waals surface area (Å²) in [6.07, 6.45) is 60.8. The van der Waals surface area contributed by atoms with Gasteiger partial charge in [-0.25, -0.2) is 0 Å². The number of piperazine rings is 1. The van der Waals surface area contributed by atoms with Crippen LogP contribution >= 0.6 is 0 Å². The average molecular weight is 1130 g/mol. The van der Waals surface area contributed by atoms with Crippen molar-refractivity contribution in [3.63, 3.8) is 0 Å². The molecule has 9 nitrogen and oxygen atoms in total. The van der Waals surface area contributed by atoms with E-state index in [1.54, 1.807) is 0 Å². The molecule has 9 heteroatoms. The molecule has 0 bridgehead atoms. The Morgan fingerprint density at radius 2 is 0.675 bits per heavy atom. The van der Waals surface area contributed by atoms with Crippen LogP contribution in [0.15, 0.2) is 0 Å². The van der Waals surface area contributed by atoms with Gasteiger partial charge in [-0.1, -0.05) is 297 Å². The molecule has 80 heavy (non-hydrogen) atoms. The molecule has 0 amide bonds. The van der Waals surface area contributed by atoms with Crippen LogP contribution in [-0.2, 0) is 0 Å². The number of rotatable bonds is 63. The number of aliphatic hydroxyl groups excluding tert-OH is 4. The van der Waals surface area contributed by atoms with Crippen molar-refractivity contribution in [3.05, 3.63) is 0 Å². The minimum Gasteiger partial charge on any atom is -0.392 e. The molecule has 6 atom stereocenters. The Labute approximate surface area is 500 Å². The van der Waals surface area contributed by atoms with Gasteiger partial charge in [0.05, 0.1) is 24.4 Å². The molecule has 2 saturated heterocycles. The van der Waals surface area contributed by atoms with E-state index in [9.17, 15) is 20.4 Å². The third kappa shape index (κ3) is 44.1. The normalized spacial score (nSPS) is 17.4. The lowest BCUT2D eigenvalue weighted by Gasteiger charge is -2.49. The van der Waals surface area contributed by atoms with Gasteiger partial charge in [0.15, 0.2) is 0 Å². The Kier molecular flexibility index (Phi) is 53.4. The molecule has 2 rings (SSSR count). The Hall–Kier alpha value is -0.360. The SMILES string of the molecule is CCCCCCCCCCCCCCCCCCCCC(O)C(CCN1CCNCC1)N1CCC1CCN(CCN(CC(O)CCCCCCCCCC)CC(O)CCCCCCCCCC)CC(O)CCCCCCCCCC. The van der Waals surface area contributed by atoms with Gasteiger partial charge in [-0.2, -0.15) is 0 Å². The molecular formula is C71H145N5O4. The lowest BCUT2D eigenvalue weighted by Crippen LogP contribution is -2.58. The quantitative estimate of drug-likeness (QED) is 0.0381. The first-order chi connectivity index (χ1) is 39.3. The highest BCUT2D eigenvalue weighted by molar-refractivity contribution is 4.93. The summed E-state index contributed by atoms with van der Waals surface area (Å²) in [6, 6.07) is 0.666. The van der Waals surface area contributed by atoms with Crippen molar-refractivity contribution < 1.29 is 20.4 Å². The molecule has 5 N–H and O–H groups in total. The van der Waals surface area contributed by atoms with Crippen molar-refractivity contribution in [2.24, 2.45) is 0 Å². The first-order valence-electron chi connectivity index (χ1n) is 36.7.